The fourth-order valence-electron chi connectivity index (χ4n) is 0.329. The maximum Gasteiger partial charge on any atom is 0.343 e. The maximum atomic E-state index is 12.5. The van der Waals surface area contributed by atoms with E-state index in [1.54, 1.807) is 0 Å². The quantitative estimate of drug-likeness (QED) is 0.538. The molecule has 74 valence electrons. The van der Waals surface area contributed by atoms with Crippen LogP contribution in [0.3, 0.4) is 0 Å². The van der Waals surface area contributed by atoms with E-state index in [9.17, 15) is 17.6 Å². The molecule has 0 saturated carbocycles. The molecule has 0 N–H and O–H groups in total. The maximum absolute atomic E-state index is 12.5. The summed E-state index contributed by atoms with van der Waals surface area (Å²) in [6, 6.07) is 0. The van der Waals surface area contributed by atoms with Crippen molar-refractivity contribution in [3.63, 3.8) is 0 Å². The number of rotatable bonds is 3. The lowest BCUT2D eigenvalue weighted by molar-refractivity contribution is -0.0547. The van der Waals surface area contributed by atoms with Crippen molar-refractivity contribution in [2.75, 3.05) is 0 Å². The fourth-order valence-corrected chi connectivity index (χ4v) is 0.981. The molecule has 0 heterocycles. The molecule has 12 heavy (non-hydrogen) atoms. The van der Waals surface area contributed by atoms with Gasteiger partial charge in [-0.2, -0.15) is 8.78 Å². The summed E-state index contributed by atoms with van der Waals surface area (Å²) >= 11 is 18.3. The predicted molar refractivity (Wildman–Crippen MR) is 40.9 cm³/mol. The zero-order chi connectivity index (χ0) is 10.2. The molecular weight excluding hydrogens is 266 g/mol. The highest BCUT2D eigenvalue weighted by Crippen LogP contribution is 2.42. The van der Waals surface area contributed by atoms with Gasteiger partial charge in [0, 0.05) is 0 Å². The normalized spacial score (nSPS) is 16.8. The first-order valence-corrected chi connectivity index (χ1v) is 4.15. The van der Waals surface area contributed by atoms with Crippen molar-refractivity contribution in [2.24, 2.45) is 0 Å². The molecule has 0 aromatic heterocycles. The van der Waals surface area contributed by atoms with E-state index in [0.717, 1.165) is 0 Å². The molecule has 0 aliphatic heterocycles. The number of halogens is 8. The minimum absolute atomic E-state index is 2.33. The lowest BCUT2D eigenvalue weighted by Gasteiger charge is -2.25. The molecule has 0 aromatic rings. The van der Waals surface area contributed by atoms with E-state index in [0.29, 0.717) is 0 Å². The van der Waals surface area contributed by atoms with Crippen LogP contribution in [0.4, 0.5) is 17.6 Å². The summed E-state index contributed by atoms with van der Waals surface area (Å²) in [5.74, 6) is -4.14. The van der Waals surface area contributed by atoms with Crippen LogP contribution < -0.4 is 0 Å². The van der Waals surface area contributed by atoms with Gasteiger partial charge in [0.1, 0.15) is 0 Å². The second kappa shape index (κ2) is 3.95. The highest BCUT2D eigenvalue weighted by Gasteiger charge is 2.56. The molecule has 0 aromatic carbocycles. The van der Waals surface area contributed by atoms with E-state index in [4.69, 9.17) is 23.2 Å². The Balaban J connectivity index is 4.57. The number of alkyl halides is 8. The average Bonchev–Trinajstić information content (AvgIpc) is 1.83. The summed E-state index contributed by atoms with van der Waals surface area (Å²) in [7, 11) is 0. The molecule has 0 saturated heterocycles. The Labute approximate surface area is 85.7 Å². The first kappa shape index (κ1) is 12.9. The first-order valence-electron chi connectivity index (χ1n) is 2.47. The van der Waals surface area contributed by atoms with E-state index in [2.05, 4.69) is 23.2 Å². The third kappa shape index (κ3) is 2.98. The zero-order valence-electron chi connectivity index (χ0n) is 5.18. The van der Waals surface area contributed by atoms with Gasteiger partial charge in [-0.25, -0.2) is 8.78 Å². The summed E-state index contributed by atoms with van der Waals surface area (Å²) < 4.78 is 49.0. The topological polar surface area (TPSA) is 0 Å². The monoisotopic (exact) mass is 266 g/mol. The van der Waals surface area contributed by atoms with Crippen molar-refractivity contribution in [3.8, 4) is 0 Å². The van der Waals surface area contributed by atoms with Gasteiger partial charge in [0.25, 0.3) is 0 Å². The van der Waals surface area contributed by atoms with Gasteiger partial charge in [-0.3, -0.25) is 0 Å². The van der Waals surface area contributed by atoms with Gasteiger partial charge in [-0.1, -0.05) is 23.2 Å². The summed E-state index contributed by atoms with van der Waals surface area (Å²) in [6.07, 6.45) is 0. The van der Waals surface area contributed by atoms with E-state index < -0.39 is 21.5 Å². The van der Waals surface area contributed by atoms with Gasteiger partial charge >= 0.3 is 11.3 Å². The van der Waals surface area contributed by atoms with Crippen molar-refractivity contribution >= 4 is 46.4 Å². The van der Waals surface area contributed by atoms with E-state index in [1.165, 1.54) is 0 Å². The summed E-state index contributed by atoms with van der Waals surface area (Å²) in [5.41, 5.74) is 0. The lowest BCUT2D eigenvalue weighted by atomic mass is 10.2. The molecule has 1 unspecified atom stereocenters. The van der Waals surface area contributed by atoms with Crippen LogP contribution in [-0.2, 0) is 0 Å². The van der Waals surface area contributed by atoms with Crippen molar-refractivity contribution in [3.05, 3.63) is 0 Å². The molecular formula is C4H2Cl4F4. The van der Waals surface area contributed by atoms with Gasteiger partial charge in [0.05, 0.1) is 0 Å². The third-order valence-corrected chi connectivity index (χ3v) is 2.39. The second-order valence-electron chi connectivity index (χ2n) is 1.88. The molecule has 0 spiro atoms. The van der Waals surface area contributed by atoms with Crippen LogP contribution in [0.2, 0.25) is 0 Å². The van der Waals surface area contributed by atoms with Gasteiger partial charge in [0.15, 0.2) is 10.2 Å². The molecule has 0 aliphatic carbocycles. The largest absolute Gasteiger partial charge is 0.343 e. The van der Waals surface area contributed by atoms with Crippen LogP contribution in [0.15, 0.2) is 0 Å². The predicted octanol–water partition coefficient (Wildman–Crippen LogP) is 3.86. The van der Waals surface area contributed by atoms with Gasteiger partial charge < -0.3 is 0 Å². The SMILES string of the molecule is FC(F)(Cl)C(Cl)C(F)(F)C(Cl)Cl. The Morgan fingerprint density at radius 2 is 1.25 bits per heavy atom. The Kier molecular flexibility index (Phi) is 4.23. The highest BCUT2D eigenvalue weighted by molar-refractivity contribution is 6.45. The standard InChI is InChI=1S/C4H2Cl4F4/c5-1(4(8,11)12)3(9,10)2(6)7/h1-2H. The molecule has 0 rings (SSSR count). The highest BCUT2D eigenvalue weighted by atomic mass is 35.5. The van der Waals surface area contributed by atoms with E-state index in [-0.39, 0.29) is 0 Å². The summed E-state index contributed by atoms with van der Waals surface area (Å²) in [5, 5.41) is -7.20. The van der Waals surface area contributed by atoms with Gasteiger partial charge in [-0.15, -0.1) is 11.6 Å². The molecule has 8 heteroatoms. The minimum Gasteiger partial charge on any atom is -0.202 e. The molecule has 0 bridgehead atoms. The minimum atomic E-state index is -4.26. The van der Waals surface area contributed by atoms with Gasteiger partial charge in [0.2, 0.25) is 0 Å². The molecule has 1 atom stereocenters. The second-order valence-corrected chi connectivity index (χ2v) is 3.92. The molecule has 0 radical (unpaired) electrons. The number of hydrogen-bond donors (Lipinski definition) is 0. The lowest BCUT2D eigenvalue weighted by Crippen LogP contribution is -2.44. The van der Waals surface area contributed by atoms with Crippen LogP contribution in [0.25, 0.3) is 0 Å². The fraction of sp³-hybridized carbons (Fsp3) is 1.00. The summed E-state index contributed by atoms with van der Waals surface area (Å²) in [6.45, 7) is 0. The van der Waals surface area contributed by atoms with E-state index in [1.807, 2.05) is 0 Å². The third-order valence-electron chi connectivity index (χ3n) is 0.916. The smallest absolute Gasteiger partial charge is 0.202 e. The van der Waals surface area contributed by atoms with Crippen molar-refractivity contribution < 1.29 is 17.6 Å². The average molecular weight is 268 g/mol. The van der Waals surface area contributed by atoms with Crippen LogP contribution in [0.1, 0.15) is 0 Å². The molecule has 0 amide bonds. The summed E-state index contributed by atoms with van der Waals surface area (Å²) in [4.78, 5) is -2.33. The van der Waals surface area contributed by atoms with Crippen LogP contribution in [-0.4, -0.2) is 21.5 Å². The van der Waals surface area contributed by atoms with Gasteiger partial charge in [-0.05, 0) is 11.6 Å². The molecule has 0 nitrogen and oxygen atoms in total. The Morgan fingerprint density at radius 3 is 1.33 bits per heavy atom. The molecule has 0 fully saturated rings. The Bertz CT molecular complexity index is 154. The van der Waals surface area contributed by atoms with Crippen LogP contribution >= 0.6 is 46.4 Å². The van der Waals surface area contributed by atoms with E-state index >= 15 is 0 Å². The van der Waals surface area contributed by atoms with Crippen molar-refractivity contribution in [2.45, 2.75) is 21.5 Å². The number of hydrogen-bond acceptors (Lipinski definition) is 0. The first-order chi connectivity index (χ1) is 5.10. The Hall–Kier alpha value is 0.880. The zero-order valence-corrected chi connectivity index (χ0v) is 8.20. The van der Waals surface area contributed by atoms with Crippen molar-refractivity contribution in [1.29, 1.82) is 0 Å². The van der Waals surface area contributed by atoms with Crippen molar-refractivity contribution in [1.82, 2.24) is 0 Å². The Morgan fingerprint density at radius 1 is 0.917 bits per heavy atom. The molecule has 0 aliphatic rings. The van der Waals surface area contributed by atoms with Crippen LogP contribution in [0.5, 0.6) is 0 Å². The van der Waals surface area contributed by atoms with Crippen LogP contribution in [0, 0.1) is 0 Å².